The third-order valence-electron chi connectivity index (χ3n) is 7.08. The number of hydrogen-bond acceptors (Lipinski definition) is 3. The molecule has 0 aliphatic heterocycles. The Bertz CT molecular complexity index is 701. The first-order valence-electron chi connectivity index (χ1n) is 11.7. The molecule has 180 valence electrons. The Morgan fingerprint density at radius 3 is 1.87 bits per heavy atom. The Kier molecular flexibility index (Phi) is 10.4. The largest absolute Gasteiger partial charge is 0.417 e. The summed E-state index contributed by atoms with van der Waals surface area (Å²) in [7, 11) is -4.66. The first-order valence-corrected chi connectivity index (χ1v) is 18.9. The summed E-state index contributed by atoms with van der Waals surface area (Å²) >= 11 is 0. The first kappa shape index (κ1) is 28.8. The predicted octanol–water partition coefficient (Wildman–Crippen LogP) is 7.69. The van der Waals surface area contributed by atoms with Crippen LogP contribution in [-0.2, 0) is 19.7 Å². The van der Waals surface area contributed by atoms with Gasteiger partial charge in [-0.05, 0) is 74.6 Å². The summed E-state index contributed by atoms with van der Waals surface area (Å²) in [5.41, 5.74) is 1.19. The molecule has 1 rings (SSSR count). The Morgan fingerprint density at radius 2 is 1.39 bits per heavy atom. The Balaban J connectivity index is 2.75. The SMILES string of the molecule is Cc1ccc([S@](=O)C[C@H](CCCCO[Si](C)(C)C(C)(C)C)O[Si](C)(C)C(C)(C)C)cc1. The summed E-state index contributed by atoms with van der Waals surface area (Å²) in [5, 5.41) is 0.383. The Labute approximate surface area is 197 Å². The van der Waals surface area contributed by atoms with Gasteiger partial charge in [0.2, 0.25) is 0 Å². The van der Waals surface area contributed by atoms with Crippen molar-refractivity contribution in [2.24, 2.45) is 0 Å². The van der Waals surface area contributed by atoms with Crippen molar-refractivity contribution in [2.45, 2.75) is 115 Å². The molecule has 0 fully saturated rings. The van der Waals surface area contributed by atoms with Crippen LogP contribution in [0.15, 0.2) is 29.2 Å². The van der Waals surface area contributed by atoms with Crippen LogP contribution in [0.5, 0.6) is 0 Å². The van der Waals surface area contributed by atoms with Crippen LogP contribution >= 0.6 is 0 Å². The van der Waals surface area contributed by atoms with Crippen molar-refractivity contribution < 1.29 is 13.1 Å². The lowest BCUT2D eigenvalue weighted by molar-refractivity contribution is 0.184. The van der Waals surface area contributed by atoms with E-state index in [1.807, 2.05) is 24.3 Å². The molecule has 0 bridgehead atoms. The van der Waals surface area contributed by atoms with Gasteiger partial charge in [0.15, 0.2) is 16.6 Å². The zero-order valence-electron chi connectivity index (χ0n) is 22.1. The van der Waals surface area contributed by atoms with E-state index in [1.165, 1.54) is 5.56 Å². The lowest BCUT2D eigenvalue weighted by Crippen LogP contribution is -2.45. The van der Waals surface area contributed by atoms with Crippen LogP contribution in [0.4, 0.5) is 0 Å². The summed E-state index contributed by atoms with van der Waals surface area (Å²) in [5.74, 6) is 0.568. The second-order valence-electron chi connectivity index (χ2n) is 11.9. The van der Waals surface area contributed by atoms with Gasteiger partial charge in [-0.2, -0.15) is 0 Å². The molecular weight excluding hydrogens is 437 g/mol. The minimum atomic E-state index is -1.93. The Hall–Kier alpha value is -0.276. The van der Waals surface area contributed by atoms with Gasteiger partial charge < -0.3 is 8.85 Å². The summed E-state index contributed by atoms with van der Waals surface area (Å²) in [6.07, 6.45) is 3.03. The highest BCUT2D eigenvalue weighted by atomic mass is 32.2. The molecule has 0 unspecified atom stereocenters. The number of hydrogen-bond donors (Lipinski definition) is 0. The summed E-state index contributed by atoms with van der Waals surface area (Å²) in [6.45, 7) is 25.7. The van der Waals surface area contributed by atoms with Gasteiger partial charge in [0.05, 0.1) is 22.7 Å². The van der Waals surface area contributed by atoms with Gasteiger partial charge >= 0.3 is 0 Å². The quantitative estimate of drug-likeness (QED) is 0.238. The summed E-state index contributed by atoms with van der Waals surface area (Å²) in [6, 6.07) is 8.05. The predicted molar refractivity (Wildman–Crippen MR) is 142 cm³/mol. The second-order valence-corrected chi connectivity index (χ2v) is 23.0. The van der Waals surface area contributed by atoms with E-state index in [1.54, 1.807) is 0 Å². The molecule has 0 saturated heterocycles. The highest BCUT2D eigenvalue weighted by molar-refractivity contribution is 7.85. The molecular formula is C25H48O3SSi2. The second kappa shape index (κ2) is 11.2. The zero-order valence-corrected chi connectivity index (χ0v) is 24.9. The van der Waals surface area contributed by atoms with E-state index < -0.39 is 27.4 Å². The van der Waals surface area contributed by atoms with Gasteiger partial charge in [0, 0.05) is 11.5 Å². The molecule has 3 nitrogen and oxygen atoms in total. The minimum absolute atomic E-state index is 0.0240. The lowest BCUT2D eigenvalue weighted by Gasteiger charge is -2.39. The van der Waals surface area contributed by atoms with Crippen LogP contribution in [0.25, 0.3) is 0 Å². The van der Waals surface area contributed by atoms with E-state index >= 15 is 0 Å². The van der Waals surface area contributed by atoms with Gasteiger partial charge in [0.1, 0.15) is 0 Å². The number of rotatable bonds is 11. The molecule has 1 aromatic rings. The molecule has 0 aliphatic carbocycles. The van der Waals surface area contributed by atoms with Gasteiger partial charge in [-0.15, -0.1) is 0 Å². The van der Waals surface area contributed by atoms with Crippen LogP contribution in [-0.4, -0.2) is 39.3 Å². The van der Waals surface area contributed by atoms with E-state index in [4.69, 9.17) is 8.85 Å². The zero-order chi connectivity index (χ0) is 24.1. The maximum Gasteiger partial charge on any atom is 0.192 e. The minimum Gasteiger partial charge on any atom is -0.417 e. The van der Waals surface area contributed by atoms with E-state index in [0.717, 1.165) is 30.8 Å². The summed E-state index contributed by atoms with van der Waals surface area (Å²) < 4.78 is 26.1. The molecule has 0 radical (unpaired) electrons. The molecule has 0 spiro atoms. The fraction of sp³-hybridized carbons (Fsp3) is 0.760. The van der Waals surface area contributed by atoms with Crippen molar-refractivity contribution in [1.82, 2.24) is 0 Å². The monoisotopic (exact) mass is 484 g/mol. The van der Waals surface area contributed by atoms with Gasteiger partial charge in [0.25, 0.3) is 0 Å². The highest BCUT2D eigenvalue weighted by Gasteiger charge is 2.39. The molecule has 0 amide bonds. The van der Waals surface area contributed by atoms with Crippen molar-refractivity contribution in [3.8, 4) is 0 Å². The summed E-state index contributed by atoms with van der Waals surface area (Å²) in [4.78, 5) is 0.899. The fourth-order valence-corrected chi connectivity index (χ4v) is 6.54. The third kappa shape index (κ3) is 9.24. The topological polar surface area (TPSA) is 35.5 Å². The van der Waals surface area contributed by atoms with E-state index in [2.05, 4.69) is 74.7 Å². The van der Waals surface area contributed by atoms with E-state index in [0.29, 0.717) is 5.75 Å². The van der Waals surface area contributed by atoms with Crippen LogP contribution in [0.3, 0.4) is 0 Å². The number of aryl methyl sites for hydroxylation is 1. The van der Waals surface area contributed by atoms with Crippen molar-refractivity contribution in [2.75, 3.05) is 12.4 Å². The van der Waals surface area contributed by atoms with Crippen LogP contribution < -0.4 is 0 Å². The van der Waals surface area contributed by atoms with E-state index in [9.17, 15) is 4.21 Å². The number of benzene rings is 1. The molecule has 0 N–H and O–H groups in total. The van der Waals surface area contributed by atoms with Gasteiger partial charge in [-0.1, -0.05) is 59.2 Å². The van der Waals surface area contributed by atoms with Crippen molar-refractivity contribution in [1.29, 1.82) is 0 Å². The maximum absolute atomic E-state index is 13.1. The van der Waals surface area contributed by atoms with E-state index in [-0.39, 0.29) is 16.2 Å². The van der Waals surface area contributed by atoms with Crippen LogP contribution in [0, 0.1) is 6.92 Å². The molecule has 31 heavy (non-hydrogen) atoms. The van der Waals surface area contributed by atoms with Crippen molar-refractivity contribution >= 4 is 27.4 Å². The van der Waals surface area contributed by atoms with Crippen LogP contribution in [0.2, 0.25) is 36.3 Å². The fourth-order valence-electron chi connectivity index (χ4n) is 2.74. The third-order valence-corrected chi connectivity index (χ3v) is 17.6. The normalized spacial score (nSPS) is 15.7. The highest BCUT2D eigenvalue weighted by Crippen LogP contribution is 2.38. The molecule has 0 saturated carbocycles. The molecule has 2 atom stereocenters. The average Bonchev–Trinajstić information content (AvgIpc) is 2.59. The van der Waals surface area contributed by atoms with Gasteiger partial charge in [-0.25, -0.2) is 0 Å². The Morgan fingerprint density at radius 1 is 0.871 bits per heavy atom. The maximum atomic E-state index is 13.1. The standard InChI is InChI=1S/C25H48O3SSi2/c1-21-15-17-23(18-16-21)29(26)20-22(28-31(10,11)25(5,6)7)14-12-13-19-27-30(8,9)24(2,3)4/h15-18,22H,12-14,19-20H2,1-11H3/t22-,29+/m0/s1. The lowest BCUT2D eigenvalue weighted by atomic mass is 10.2. The average molecular weight is 485 g/mol. The van der Waals surface area contributed by atoms with Crippen molar-refractivity contribution in [3.05, 3.63) is 29.8 Å². The molecule has 0 aromatic heterocycles. The smallest absolute Gasteiger partial charge is 0.192 e. The number of unbranched alkanes of at least 4 members (excludes halogenated alkanes) is 1. The molecule has 1 aromatic carbocycles. The molecule has 0 heterocycles. The molecule has 0 aliphatic rings. The molecule has 6 heteroatoms. The first-order chi connectivity index (χ1) is 14.0. The van der Waals surface area contributed by atoms with Crippen molar-refractivity contribution in [3.63, 3.8) is 0 Å². The van der Waals surface area contributed by atoms with Crippen LogP contribution in [0.1, 0.15) is 66.4 Å². The van der Waals surface area contributed by atoms with Gasteiger partial charge in [-0.3, -0.25) is 4.21 Å².